The lowest BCUT2D eigenvalue weighted by molar-refractivity contribution is -0.177. The van der Waals surface area contributed by atoms with Crippen LogP contribution in [0, 0.1) is 22.2 Å². The van der Waals surface area contributed by atoms with Gasteiger partial charge >= 0.3 is 11.9 Å². The zero-order valence-electron chi connectivity index (χ0n) is 15.7. The SMILES string of the molecule is CC(C)(C)CC(C)(C(=O)OC1C(=O)OC2CCCC21)C(C)(C)C. The van der Waals surface area contributed by atoms with Gasteiger partial charge in [-0.05, 0) is 43.4 Å². The van der Waals surface area contributed by atoms with Gasteiger partial charge in [0, 0.05) is 5.92 Å². The molecule has 0 spiro atoms. The van der Waals surface area contributed by atoms with E-state index in [2.05, 4.69) is 41.5 Å². The Morgan fingerprint density at radius 3 is 2.26 bits per heavy atom. The van der Waals surface area contributed by atoms with E-state index >= 15 is 0 Å². The molecule has 4 unspecified atom stereocenters. The summed E-state index contributed by atoms with van der Waals surface area (Å²) in [7, 11) is 0. The normalized spacial score (nSPS) is 30.6. The molecule has 0 aromatic carbocycles. The van der Waals surface area contributed by atoms with Crippen LogP contribution < -0.4 is 0 Å². The molecule has 4 heteroatoms. The van der Waals surface area contributed by atoms with Gasteiger partial charge in [-0.25, -0.2) is 4.79 Å². The molecule has 1 saturated carbocycles. The fourth-order valence-electron chi connectivity index (χ4n) is 3.92. The molecule has 2 fully saturated rings. The predicted molar refractivity (Wildman–Crippen MR) is 88.7 cm³/mol. The van der Waals surface area contributed by atoms with Crippen molar-refractivity contribution in [2.45, 2.75) is 86.4 Å². The molecular formula is C19H32O4. The first-order valence-corrected chi connectivity index (χ1v) is 8.77. The highest BCUT2D eigenvalue weighted by molar-refractivity contribution is 5.84. The third-order valence-electron chi connectivity index (χ3n) is 5.62. The van der Waals surface area contributed by atoms with Crippen LogP contribution in [0.4, 0.5) is 0 Å². The minimum absolute atomic E-state index is 0.00682. The van der Waals surface area contributed by atoms with Gasteiger partial charge < -0.3 is 9.47 Å². The summed E-state index contributed by atoms with van der Waals surface area (Å²) in [5, 5.41) is 0. The van der Waals surface area contributed by atoms with Gasteiger partial charge in [-0.15, -0.1) is 0 Å². The maximum absolute atomic E-state index is 13.0. The molecule has 4 nitrogen and oxygen atoms in total. The highest BCUT2D eigenvalue weighted by Crippen LogP contribution is 2.48. The second-order valence-electron chi connectivity index (χ2n) is 9.72. The summed E-state index contributed by atoms with van der Waals surface area (Å²) >= 11 is 0. The van der Waals surface area contributed by atoms with Crippen LogP contribution in [0.5, 0.6) is 0 Å². The van der Waals surface area contributed by atoms with Crippen LogP contribution in [0.1, 0.15) is 74.1 Å². The van der Waals surface area contributed by atoms with Gasteiger partial charge in [-0.3, -0.25) is 4.79 Å². The Labute approximate surface area is 140 Å². The van der Waals surface area contributed by atoms with Crippen LogP contribution in [0.25, 0.3) is 0 Å². The predicted octanol–water partition coefficient (Wildman–Crippen LogP) is 4.11. The first-order valence-electron chi connectivity index (χ1n) is 8.77. The second-order valence-corrected chi connectivity index (χ2v) is 9.72. The smallest absolute Gasteiger partial charge is 0.348 e. The summed E-state index contributed by atoms with van der Waals surface area (Å²) in [4.78, 5) is 25.1. The Bertz CT molecular complexity index is 483. The molecule has 1 heterocycles. The van der Waals surface area contributed by atoms with Gasteiger partial charge in [0.25, 0.3) is 0 Å². The van der Waals surface area contributed by atoms with Crippen molar-refractivity contribution >= 4 is 11.9 Å². The zero-order valence-corrected chi connectivity index (χ0v) is 15.7. The third-order valence-corrected chi connectivity index (χ3v) is 5.62. The first-order chi connectivity index (χ1) is 10.3. The molecule has 23 heavy (non-hydrogen) atoms. The van der Waals surface area contributed by atoms with Crippen molar-refractivity contribution in [3.63, 3.8) is 0 Å². The summed E-state index contributed by atoms with van der Waals surface area (Å²) in [5.41, 5.74) is -0.912. The van der Waals surface area contributed by atoms with Crippen LogP contribution in [0.2, 0.25) is 0 Å². The quantitative estimate of drug-likeness (QED) is 0.733. The fourth-order valence-corrected chi connectivity index (χ4v) is 3.92. The highest BCUT2D eigenvalue weighted by Gasteiger charge is 2.53. The number of carbonyl (C=O) groups is 2. The number of fused-ring (bicyclic) bond motifs is 1. The molecular weight excluding hydrogens is 292 g/mol. The summed E-state index contributed by atoms with van der Waals surface area (Å²) in [6.07, 6.45) is 2.77. The molecule has 0 bridgehead atoms. The first kappa shape index (κ1) is 18.3. The Morgan fingerprint density at radius 1 is 1.13 bits per heavy atom. The van der Waals surface area contributed by atoms with Crippen LogP contribution in [0.3, 0.4) is 0 Å². The molecule has 1 aliphatic heterocycles. The van der Waals surface area contributed by atoms with Gasteiger partial charge in [-0.1, -0.05) is 41.5 Å². The van der Waals surface area contributed by atoms with Crippen molar-refractivity contribution in [1.82, 2.24) is 0 Å². The second kappa shape index (κ2) is 5.78. The molecule has 0 aromatic rings. The molecule has 4 atom stereocenters. The van der Waals surface area contributed by atoms with Crippen molar-refractivity contribution in [2.75, 3.05) is 0 Å². The van der Waals surface area contributed by atoms with E-state index in [4.69, 9.17) is 9.47 Å². The van der Waals surface area contributed by atoms with Crippen molar-refractivity contribution in [3.8, 4) is 0 Å². The van der Waals surface area contributed by atoms with E-state index in [0.717, 1.165) is 19.3 Å². The lowest BCUT2D eigenvalue weighted by Crippen LogP contribution is -2.46. The fraction of sp³-hybridized carbons (Fsp3) is 0.895. The summed E-state index contributed by atoms with van der Waals surface area (Å²) < 4.78 is 11.1. The number of esters is 2. The number of rotatable bonds is 3. The van der Waals surface area contributed by atoms with Crippen LogP contribution in [-0.4, -0.2) is 24.1 Å². The van der Waals surface area contributed by atoms with Crippen molar-refractivity contribution in [2.24, 2.45) is 22.2 Å². The van der Waals surface area contributed by atoms with Crippen molar-refractivity contribution < 1.29 is 19.1 Å². The minimum Gasteiger partial charge on any atom is -0.459 e. The molecule has 2 aliphatic rings. The Hall–Kier alpha value is -1.06. The van der Waals surface area contributed by atoms with Crippen LogP contribution in [-0.2, 0) is 19.1 Å². The van der Waals surface area contributed by atoms with Crippen LogP contribution in [0.15, 0.2) is 0 Å². The van der Waals surface area contributed by atoms with Gasteiger partial charge in [0.1, 0.15) is 6.10 Å². The molecule has 1 aliphatic carbocycles. The number of ether oxygens (including phenoxy) is 2. The van der Waals surface area contributed by atoms with E-state index in [9.17, 15) is 9.59 Å². The van der Waals surface area contributed by atoms with Gasteiger partial charge in [0.2, 0.25) is 6.10 Å². The van der Waals surface area contributed by atoms with Crippen molar-refractivity contribution in [1.29, 1.82) is 0 Å². The molecule has 0 radical (unpaired) electrons. The summed E-state index contributed by atoms with van der Waals surface area (Å²) in [5.74, 6) is -0.584. The Morgan fingerprint density at radius 2 is 1.74 bits per heavy atom. The van der Waals surface area contributed by atoms with Gasteiger partial charge in [0.15, 0.2) is 0 Å². The lowest BCUT2D eigenvalue weighted by atomic mass is 9.61. The molecule has 0 aromatic heterocycles. The van der Waals surface area contributed by atoms with E-state index in [-0.39, 0.29) is 34.8 Å². The average Bonchev–Trinajstić information content (AvgIpc) is 2.89. The largest absolute Gasteiger partial charge is 0.459 e. The zero-order chi connectivity index (χ0) is 17.6. The van der Waals surface area contributed by atoms with Crippen LogP contribution >= 0.6 is 0 Å². The van der Waals surface area contributed by atoms with Crippen molar-refractivity contribution in [3.05, 3.63) is 0 Å². The Balaban J connectivity index is 2.20. The third kappa shape index (κ3) is 3.56. The minimum atomic E-state index is -0.711. The molecule has 0 N–H and O–H groups in total. The Kier molecular flexibility index (Phi) is 4.60. The van der Waals surface area contributed by atoms with E-state index in [0.29, 0.717) is 6.42 Å². The van der Waals surface area contributed by atoms with E-state index in [1.54, 1.807) is 0 Å². The molecule has 2 rings (SSSR count). The number of carbonyl (C=O) groups excluding carboxylic acids is 2. The summed E-state index contributed by atoms with van der Waals surface area (Å²) in [6.45, 7) is 14.5. The standard InChI is InChI=1S/C19H32O4/c1-17(2,3)11-19(7,18(4,5)6)16(21)23-14-12-9-8-10-13(12)22-15(14)20/h12-14H,8-11H2,1-7H3. The summed E-state index contributed by atoms with van der Waals surface area (Å²) in [6, 6.07) is 0. The highest BCUT2D eigenvalue weighted by atomic mass is 16.6. The maximum atomic E-state index is 13.0. The number of hydrogen-bond donors (Lipinski definition) is 0. The molecule has 0 amide bonds. The maximum Gasteiger partial charge on any atom is 0.348 e. The lowest BCUT2D eigenvalue weighted by Gasteiger charge is -2.43. The van der Waals surface area contributed by atoms with E-state index < -0.39 is 11.5 Å². The molecule has 1 saturated heterocycles. The number of hydrogen-bond acceptors (Lipinski definition) is 4. The average molecular weight is 324 g/mol. The van der Waals surface area contributed by atoms with E-state index in [1.165, 1.54) is 0 Å². The molecule has 132 valence electrons. The topological polar surface area (TPSA) is 52.6 Å². The van der Waals surface area contributed by atoms with Gasteiger partial charge in [0.05, 0.1) is 5.41 Å². The van der Waals surface area contributed by atoms with Gasteiger partial charge in [-0.2, -0.15) is 0 Å². The van der Waals surface area contributed by atoms with E-state index in [1.807, 2.05) is 6.92 Å². The monoisotopic (exact) mass is 324 g/mol.